The highest BCUT2D eigenvalue weighted by molar-refractivity contribution is 7.26. The van der Waals surface area contributed by atoms with E-state index in [-0.39, 0.29) is 22.3 Å². The third-order valence-corrected chi connectivity index (χ3v) is 9.51. The number of aromatic nitrogens is 3. The van der Waals surface area contributed by atoms with Crippen LogP contribution in [-0.4, -0.2) is 15.0 Å². The molecule has 0 aliphatic carbocycles. The summed E-state index contributed by atoms with van der Waals surface area (Å²) in [6.07, 6.45) is 0. The van der Waals surface area contributed by atoms with Gasteiger partial charge in [-0.05, 0) is 46.0 Å². The van der Waals surface area contributed by atoms with Crippen molar-refractivity contribution in [2.45, 2.75) is 0 Å². The van der Waals surface area contributed by atoms with Gasteiger partial charge in [0, 0.05) is 42.4 Å². The second kappa shape index (κ2) is 12.4. The van der Waals surface area contributed by atoms with Crippen LogP contribution in [-0.2, 0) is 0 Å². The van der Waals surface area contributed by atoms with Crippen LogP contribution in [0.3, 0.4) is 0 Å². The molecule has 0 aliphatic rings. The van der Waals surface area contributed by atoms with Crippen LogP contribution in [0.4, 0.5) is 0 Å². The second-order valence-electron chi connectivity index (χ2n) is 11.3. The van der Waals surface area contributed by atoms with Gasteiger partial charge in [-0.2, -0.15) is 0 Å². The monoisotopic (exact) mass is 653 g/mol. The molecule has 0 fully saturated rings. The highest BCUT2D eigenvalue weighted by Crippen LogP contribution is 2.43. The molecule has 49 heavy (non-hydrogen) atoms. The minimum Gasteiger partial charge on any atom is -0.208 e. The van der Waals surface area contributed by atoms with Crippen molar-refractivity contribution in [3.8, 4) is 67.5 Å². The summed E-state index contributed by atoms with van der Waals surface area (Å²) in [4.78, 5) is 14.8. The Bertz CT molecular complexity index is 3100. The fourth-order valence-corrected chi connectivity index (χ4v) is 7.16. The van der Waals surface area contributed by atoms with Crippen LogP contribution < -0.4 is 0 Å². The fraction of sp³-hybridized carbons (Fsp3) is 0. The first-order chi connectivity index (χ1) is 28.4. The number of thiophene rings is 1. The van der Waals surface area contributed by atoms with Crippen molar-refractivity contribution in [3.63, 3.8) is 0 Å². The van der Waals surface area contributed by atoms with Crippen LogP contribution in [0.15, 0.2) is 176 Å². The Hall–Kier alpha value is -6.23. The smallest absolute Gasteiger partial charge is 0.164 e. The zero-order chi connectivity index (χ0) is 41.3. The van der Waals surface area contributed by atoms with Gasteiger partial charge in [0.1, 0.15) is 0 Å². The summed E-state index contributed by atoms with van der Waals surface area (Å²) in [5.74, 6) is 1.39. The van der Waals surface area contributed by atoms with Crippen molar-refractivity contribution in [2.24, 2.45) is 0 Å². The maximum Gasteiger partial charge on any atom is 0.164 e. The van der Waals surface area contributed by atoms with Crippen LogP contribution in [0.1, 0.15) is 13.7 Å². The predicted molar refractivity (Wildman–Crippen MR) is 205 cm³/mol. The Balaban J connectivity index is 1.26. The van der Waals surface area contributed by atoms with Gasteiger partial charge in [0.2, 0.25) is 0 Å². The van der Waals surface area contributed by atoms with E-state index in [0.29, 0.717) is 33.1 Å². The van der Waals surface area contributed by atoms with Gasteiger partial charge in [0.05, 0.1) is 13.7 Å². The summed E-state index contributed by atoms with van der Waals surface area (Å²) in [5.41, 5.74) is 4.83. The Morgan fingerprint density at radius 3 is 1.55 bits per heavy atom. The molecular weight excluding hydrogens is 615 g/mol. The number of rotatable bonds is 6. The van der Waals surface area contributed by atoms with Gasteiger partial charge in [-0.25, -0.2) is 15.0 Å². The molecule has 2 heterocycles. The van der Waals surface area contributed by atoms with Gasteiger partial charge >= 0.3 is 0 Å². The number of fused-ring (bicyclic) bond motifs is 3. The quantitative estimate of drug-likeness (QED) is 0.179. The van der Waals surface area contributed by atoms with Crippen LogP contribution >= 0.6 is 11.3 Å². The van der Waals surface area contributed by atoms with Crippen LogP contribution in [0, 0.1) is 0 Å². The van der Waals surface area contributed by atoms with Crippen molar-refractivity contribution in [1.82, 2.24) is 15.0 Å². The minimum absolute atomic E-state index is 0.0603. The standard InChI is InChI=1S/C45H29N3S/c1-5-13-30(14-6-1)32-21-23-35(24-22-32)44-46-43(34-19-11-4-12-20-34)47-45(48-44)36-25-26-38-40-28-37(31-15-7-2-8-16-31)27-39(33-17-9-3-10-18-33)42(40)49-41(38)29-36/h1-29H/i2D,3D,7D,8D,9D,10D,15D,16D,17D,18D. The summed E-state index contributed by atoms with van der Waals surface area (Å²) >= 11 is 1.34. The molecule has 0 aliphatic heterocycles. The van der Waals surface area contributed by atoms with E-state index >= 15 is 0 Å². The first kappa shape index (κ1) is 20.2. The van der Waals surface area contributed by atoms with Gasteiger partial charge in [0.15, 0.2) is 17.5 Å². The first-order valence-corrected chi connectivity index (χ1v) is 16.4. The second-order valence-corrected chi connectivity index (χ2v) is 12.4. The fourth-order valence-electron chi connectivity index (χ4n) is 5.92. The normalized spacial score (nSPS) is 14.1. The molecule has 0 amide bonds. The van der Waals surface area contributed by atoms with Crippen molar-refractivity contribution >= 4 is 31.5 Å². The molecule has 9 rings (SSSR count). The van der Waals surface area contributed by atoms with E-state index in [0.717, 1.165) is 32.3 Å². The highest BCUT2D eigenvalue weighted by atomic mass is 32.1. The molecule has 230 valence electrons. The average Bonchev–Trinajstić information content (AvgIpc) is 3.65. The highest BCUT2D eigenvalue weighted by Gasteiger charge is 2.17. The molecule has 0 saturated heterocycles. The lowest BCUT2D eigenvalue weighted by Gasteiger charge is -2.09. The molecule has 0 unspecified atom stereocenters. The molecule has 0 bridgehead atoms. The largest absolute Gasteiger partial charge is 0.208 e. The van der Waals surface area contributed by atoms with E-state index in [2.05, 4.69) is 12.1 Å². The summed E-state index contributed by atoms with van der Waals surface area (Å²) in [6.45, 7) is 0. The molecule has 4 heteroatoms. The Labute approximate surface area is 302 Å². The van der Waals surface area contributed by atoms with E-state index in [1.807, 2.05) is 91.0 Å². The number of hydrogen-bond acceptors (Lipinski definition) is 4. The molecule has 7 aromatic carbocycles. The van der Waals surface area contributed by atoms with Crippen molar-refractivity contribution in [1.29, 1.82) is 0 Å². The lowest BCUT2D eigenvalue weighted by atomic mass is 9.96. The maximum atomic E-state index is 8.87. The third-order valence-electron chi connectivity index (χ3n) is 8.31. The first-order valence-electron chi connectivity index (χ1n) is 20.5. The molecule has 0 radical (unpaired) electrons. The Morgan fingerprint density at radius 1 is 0.388 bits per heavy atom. The van der Waals surface area contributed by atoms with E-state index in [1.165, 1.54) is 11.3 Å². The zero-order valence-electron chi connectivity index (χ0n) is 35.7. The molecule has 0 atom stereocenters. The molecule has 2 aromatic heterocycles. The summed E-state index contributed by atoms with van der Waals surface area (Å²) in [7, 11) is 0. The number of benzene rings is 7. The SMILES string of the molecule is [2H]c1c([2H])c([2H])c(-c2cc(-c3c([2H])c([2H])c([2H])c([2H])c3[2H])c3sc4cc(-c5nc(-c6ccccc6)nc(-c6ccc(-c7ccccc7)cc6)n5)ccc4c3c2)c([2H])c1[2H]. The van der Waals surface area contributed by atoms with Gasteiger partial charge in [-0.15, -0.1) is 11.3 Å². The molecule has 0 N–H and O–H groups in total. The molecule has 0 spiro atoms. The molecule has 3 nitrogen and oxygen atoms in total. The predicted octanol–water partition coefficient (Wildman–Crippen LogP) is 12.2. The minimum atomic E-state index is -0.540. The van der Waals surface area contributed by atoms with Crippen molar-refractivity contribution < 1.29 is 13.7 Å². The van der Waals surface area contributed by atoms with Crippen molar-refractivity contribution in [2.75, 3.05) is 0 Å². The van der Waals surface area contributed by atoms with Gasteiger partial charge in [0.25, 0.3) is 0 Å². The van der Waals surface area contributed by atoms with Crippen LogP contribution in [0.2, 0.25) is 0 Å². The Kier molecular flexibility index (Phi) is 5.12. The zero-order valence-corrected chi connectivity index (χ0v) is 26.5. The van der Waals surface area contributed by atoms with Gasteiger partial charge in [-0.3, -0.25) is 0 Å². The third kappa shape index (κ3) is 5.58. The Morgan fingerprint density at radius 2 is 0.898 bits per heavy atom. The maximum absolute atomic E-state index is 8.87. The van der Waals surface area contributed by atoms with E-state index in [9.17, 15) is 0 Å². The average molecular weight is 654 g/mol. The lowest BCUT2D eigenvalue weighted by Crippen LogP contribution is -2.00. The van der Waals surface area contributed by atoms with E-state index in [4.69, 9.17) is 28.7 Å². The molecule has 9 aromatic rings. The molecule has 0 saturated carbocycles. The summed E-state index contributed by atoms with van der Waals surface area (Å²) in [6, 6.07) is 31.9. The lowest BCUT2D eigenvalue weighted by molar-refractivity contribution is 1.07. The van der Waals surface area contributed by atoms with E-state index < -0.39 is 60.4 Å². The van der Waals surface area contributed by atoms with Gasteiger partial charge < -0.3 is 0 Å². The summed E-state index contributed by atoms with van der Waals surface area (Å²) < 4.78 is 86.6. The van der Waals surface area contributed by atoms with Crippen LogP contribution in [0.5, 0.6) is 0 Å². The van der Waals surface area contributed by atoms with Crippen molar-refractivity contribution in [3.05, 3.63) is 176 Å². The molecular formula is C45H29N3S. The number of hydrogen-bond donors (Lipinski definition) is 0. The number of nitrogens with zero attached hydrogens (tertiary/aromatic N) is 3. The van der Waals surface area contributed by atoms with Crippen LogP contribution in [0.25, 0.3) is 87.7 Å². The topological polar surface area (TPSA) is 38.7 Å². The summed E-state index contributed by atoms with van der Waals surface area (Å²) in [5, 5.41) is 1.35. The van der Waals surface area contributed by atoms with E-state index in [1.54, 1.807) is 12.1 Å². The van der Waals surface area contributed by atoms with Gasteiger partial charge in [-0.1, -0.05) is 157 Å².